The second kappa shape index (κ2) is 6.68. The maximum absolute atomic E-state index is 5.48. The Morgan fingerprint density at radius 3 is 2.52 bits per heavy atom. The van der Waals surface area contributed by atoms with Gasteiger partial charge in [0, 0.05) is 37.9 Å². The van der Waals surface area contributed by atoms with E-state index < -0.39 is 0 Å². The van der Waals surface area contributed by atoms with Crippen molar-refractivity contribution in [3.05, 3.63) is 41.7 Å². The van der Waals surface area contributed by atoms with Crippen LogP contribution in [0.15, 0.2) is 30.5 Å². The van der Waals surface area contributed by atoms with Gasteiger partial charge in [-0.15, -0.1) is 0 Å². The molecule has 0 saturated carbocycles. The zero-order valence-corrected chi connectivity index (χ0v) is 14.6. The SMILES string of the molecule is Cc1c(CNc2nc3ccccc3nc2N2CCOCC2)cnn1C. The van der Waals surface area contributed by atoms with Crippen LogP contribution in [0.2, 0.25) is 0 Å². The summed E-state index contributed by atoms with van der Waals surface area (Å²) in [4.78, 5) is 11.9. The van der Waals surface area contributed by atoms with Crippen LogP contribution in [0.3, 0.4) is 0 Å². The minimum Gasteiger partial charge on any atom is -0.378 e. The summed E-state index contributed by atoms with van der Waals surface area (Å²) < 4.78 is 7.36. The lowest BCUT2D eigenvalue weighted by molar-refractivity contribution is 0.122. The Hall–Kier alpha value is -2.67. The third-order valence-corrected chi connectivity index (χ3v) is 4.65. The third-order valence-electron chi connectivity index (χ3n) is 4.65. The maximum atomic E-state index is 5.48. The molecule has 130 valence electrons. The number of hydrogen-bond acceptors (Lipinski definition) is 6. The first-order valence-electron chi connectivity index (χ1n) is 8.53. The molecule has 7 nitrogen and oxygen atoms in total. The van der Waals surface area contributed by atoms with Gasteiger partial charge < -0.3 is 15.0 Å². The highest BCUT2D eigenvalue weighted by atomic mass is 16.5. The van der Waals surface area contributed by atoms with Crippen LogP contribution in [0, 0.1) is 6.92 Å². The molecule has 0 unspecified atom stereocenters. The van der Waals surface area contributed by atoms with Crippen LogP contribution >= 0.6 is 0 Å². The van der Waals surface area contributed by atoms with Crippen molar-refractivity contribution < 1.29 is 4.74 Å². The number of benzene rings is 1. The summed E-state index contributed by atoms with van der Waals surface area (Å²) in [5.41, 5.74) is 4.11. The molecule has 1 fully saturated rings. The maximum Gasteiger partial charge on any atom is 0.172 e. The fourth-order valence-corrected chi connectivity index (χ4v) is 3.00. The van der Waals surface area contributed by atoms with Crippen LogP contribution in [0.1, 0.15) is 11.3 Å². The van der Waals surface area contributed by atoms with Gasteiger partial charge in [-0.1, -0.05) is 12.1 Å². The van der Waals surface area contributed by atoms with Gasteiger partial charge in [-0.2, -0.15) is 5.10 Å². The van der Waals surface area contributed by atoms with E-state index in [-0.39, 0.29) is 0 Å². The summed E-state index contributed by atoms with van der Waals surface area (Å²) in [6.45, 7) is 5.83. The molecule has 4 rings (SSSR count). The quantitative estimate of drug-likeness (QED) is 0.786. The Bertz CT molecular complexity index is 884. The molecular weight excluding hydrogens is 316 g/mol. The lowest BCUT2D eigenvalue weighted by Crippen LogP contribution is -2.37. The number of morpholine rings is 1. The van der Waals surface area contributed by atoms with Crippen molar-refractivity contribution in [3.63, 3.8) is 0 Å². The summed E-state index contributed by atoms with van der Waals surface area (Å²) in [5.74, 6) is 1.70. The molecule has 25 heavy (non-hydrogen) atoms. The van der Waals surface area contributed by atoms with E-state index >= 15 is 0 Å². The van der Waals surface area contributed by atoms with E-state index in [0.717, 1.165) is 60.2 Å². The summed E-state index contributed by atoms with van der Waals surface area (Å²) >= 11 is 0. The Morgan fingerprint density at radius 1 is 1.12 bits per heavy atom. The zero-order valence-electron chi connectivity index (χ0n) is 14.6. The number of fused-ring (bicyclic) bond motifs is 1. The highest BCUT2D eigenvalue weighted by Gasteiger charge is 2.19. The number of hydrogen-bond donors (Lipinski definition) is 1. The number of rotatable bonds is 4. The summed E-state index contributed by atoms with van der Waals surface area (Å²) in [7, 11) is 1.95. The van der Waals surface area contributed by atoms with Crippen molar-refractivity contribution in [2.45, 2.75) is 13.5 Å². The van der Waals surface area contributed by atoms with Gasteiger partial charge in [0.05, 0.1) is 30.4 Å². The van der Waals surface area contributed by atoms with Gasteiger partial charge >= 0.3 is 0 Å². The summed E-state index contributed by atoms with van der Waals surface area (Å²) in [6, 6.07) is 7.97. The van der Waals surface area contributed by atoms with E-state index in [1.165, 1.54) is 0 Å². The van der Waals surface area contributed by atoms with Gasteiger partial charge in [-0.05, 0) is 19.1 Å². The molecule has 3 aromatic rings. The molecule has 0 bridgehead atoms. The van der Waals surface area contributed by atoms with Crippen LogP contribution < -0.4 is 10.2 Å². The van der Waals surface area contributed by atoms with Gasteiger partial charge in [0.2, 0.25) is 0 Å². The highest BCUT2D eigenvalue weighted by molar-refractivity contribution is 5.80. The standard InChI is InChI=1S/C18H22N6O/c1-13-14(12-20-23(13)2)11-19-17-18(24-7-9-25-10-8-24)22-16-6-4-3-5-15(16)21-17/h3-6,12H,7-11H2,1-2H3,(H,19,21). The normalized spacial score (nSPS) is 14.9. The molecule has 0 radical (unpaired) electrons. The lowest BCUT2D eigenvalue weighted by atomic mass is 10.2. The molecule has 1 aliphatic heterocycles. The van der Waals surface area contributed by atoms with Crippen molar-refractivity contribution in [2.24, 2.45) is 7.05 Å². The molecule has 1 aromatic carbocycles. The van der Waals surface area contributed by atoms with E-state index in [0.29, 0.717) is 6.54 Å². The van der Waals surface area contributed by atoms with E-state index in [4.69, 9.17) is 14.7 Å². The fraction of sp³-hybridized carbons (Fsp3) is 0.389. The number of anilines is 2. The first kappa shape index (κ1) is 15.8. The van der Waals surface area contributed by atoms with Crippen molar-refractivity contribution >= 4 is 22.7 Å². The monoisotopic (exact) mass is 338 g/mol. The summed E-state index contributed by atoms with van der Waals surface area (Å²) in [6.07, 6.45) is 1.89. The Morgan fingerprint density at radius 2 is 1.84 bits per heavy atom. The van der Waals surface area contributed by atoms with Crippen molar-refractivity contribution in [1.29, 1.82) is 0 Å². The average Bonchev–Trinajstić information content (AvgIpc) is 2.98. The first-order valence-corrected chi connectivity index (χ1v) is 8.53. The topological polar surface area (TPSA) is 68.1 Å². The number of para-hydroxylation sites is 2. The second-order valence-electron chi connectivity index (χ2n) is 6.22. The van der Waals surface area contributed by atoms with Gasteiger partial charge in [0.1, 0.15) is 0 Å². The zero-order chi connectivity index (χ0) is 17.2. The van der Waals surface area contributed by atoms with E-state index in [1.54, 1.807) is 0 Å². The highest BCUT2D eigenvalue weighted by Crippen LogP contribution is 2.26. The number of nitrogens with one attached hydrogen (secondary N) is 1. The summed E-state index contributed by atoms with van der Waals surface area (Å²) in [5, 5.41) is 7.77. The van der Waals surface area contributed by atoms with Gasteiger partial charge in [-0.25, -0.2) is 9.97 Å². The molecule has 0 atom stereocenters. The van der Waals surface area contributed by atoms with Crippen LogP contribution in [0.4, 0.5) is 11.6 Å². The van der Waals surface area contributed by atoms with Crippen molar-refractivity contribution in [3.8, 4) is 0 Å². The van der Waals surface area contributed by atoms with Gasteiger partial charge in [0.15, 0.2) is 11.6 Å². The third kappa shape index (κ3) is 3.15. The molecular formula is C18H22N6O. The smallest absolute Gasteiger partial charge is 0.172 e. The molecule has 3 heterocycles. The van der Waals surface area contributed by atoms with Gasteiger partial charge in [-0.3, -0.25) is 4.68 Å². The van der Waals surface area contributed by atoms with Crippen molar-refractivity contribution in [1.82, 2.24) is 19.7 Å². The molecule has 1 N–H and O–H groups in total. The van der Waals surface area contributed by atoms with Crippen LogP contribution in [-0.2, 0) is 18.3 Å². The van der Waals surface area contributed by atoms with E-state index in [2.05, 4.69) is 22.2 Å². The Kier molecular flexibility index (Phi) is 4.23. The van der Waals surface area contributed by atoms with Gasteiger partial charge in [0.25, 0.3) is 0 Å². The number of nitrogens with zero attached hydrogens (tertiary/aromatic N) is 5. The molecule has 1 aliphatic rings. The number of aromatic nitrogens is 4. The average molecular weight is 338 g/mol. The number of ether oxygens (including phenoxy) is 1. The van der Waals surface area contributed by atoms with E-state index in [9.17, 15) is 0 Å². The minimum absolute atomic E-state index is 0.671. The van der Waals surface area contributed by atoms with E-state index in [1.807, 2.05) is 42.2 Å². The van der Waals surface area contributed by atoms with Crippen LogP contribution in [0.5, 0.6) is 0 Å². The molecule has 7 heteroatoms. The first-order chi connectivity index (χ1) is 12.2. The molecule has 2 aromatic heterocycles. The number of aryl methyl sites for hydroxylation is 1. The molecule has 0 aliphatic carbocycles. The predicted molar refractivity (Wildman–Crippen MR) is 97.8 cm³/mol. The largest absolute Gasteiger partial charge is 0.378 e. The Labute approximate surface area is 146 Å². The molecule has 1 saturated heterocycles. The molecule has 0 amide bonds. The van der Waals surface area contributed by atoms with Crippen LogP contribution in [-0.4, -0.2) is 46.1 Å². The fourth-order valence-electron chi connectivity index (χ4n) is 3.00. The Balaban J connectivity index is 1.68. The minimum atomic E-state index is 0.671. The lowest BCUT2D eigenvalue weighted by Gasteiger charge is -2.29. The van der Waals surface area contributed by atoms with Crippen LogP contribution in [0.25, 0.3) is 11.0 Å². The molecule has 0 spiro atoms. The second-order valence-corrected chi connectivity index (χ2v) is 6.22. The van der Waals surface area contributed by atoms with Crippen molar-refractivity contribution in [2.75, 3.05) is 36.5 Å². The predicted octanol–water partition coefficient (Wildman–Crippen LogP) is 2.12.